The number of rotatable bonds is 33. The Labute approximate surface area is 285 Å². The Bertz CT molecular complexity index is 634. The van der Waals surface area contributed by atoms with Crippen molar-refractivity contribution in [2.24, 2.45) is 17.8 Å². The van der Waals surface area contributed by atoms with Crippen LogP contribution in [0.15, 0.2) is 0 Å². The molecule has 0 rings (SSSR count). The molecule has 7 heteroatoms. The average Bonchev–Trinajstić information content (AvgIpc) is 3.03. The lowest BCUT2D eigenvalue weighted by Gasteiger charge is -2.24. The summed E-state index contributed by atoms with van der Waals surface area (Å²) >= 11 is 0. The summed E-state index contributed by atoms with van der Waals surface area (Å²) in [4.78, 5) is 33.8. The largest absolute Gasteiger partial charge is 0.469 e. The first-order chi connectivity index (χ1) is 22.2. The van der Waals surface area contributed by atoms with E-state index in [2.05, 4.69) is 20.8 Å². The average molecular weight is 651 g/mol. The molecule has 0 radical (unpaired) electrons. The summed E-state index contributed by atoms with van der Waals surface area (Å²) in [6.45, 7) is 8.28. The van der Waals surface area contributed by atoms with Crippen LogP contribution in [0, 0.1) is 17.8 Å². The zero-order valence-electron chi connectivity index (χ0n) is 31.4. The van der Waals surface area contributed by atoms with Gasteiger partial charge in [-0.05, 0) is 19.3 Å². The fraction of sp³-hybridized carbons (Fsp3) is 0.923. The highest BCUT2D eigenvalue weighted by atomic mass is 16.5. The van der Waals surface area contributed by atoms with Crippen LogP contribution in [0.1, 0.15) is 175 Å². The van der Waals surface area contributed by atoms with Crippen molar-refractivity contribution in [3.05, 3.63) is 0 Å². The van der Waals surface area contributed by atoms with E-state index in [1.165, 1.54) is 137 Å². The summed E-state index contributed by atoms with van der Waals surface area (Å²) in [7, 11) is 4.41. The SMILES string of the molecule is COC(=O)CCCCCCCCC(C)CB(CC(C)CCCCCCCCC(=O)OC)CC(C)CCCCCCCCC(=O)OC. The van der Waals surface area contributed by atoms with E-state index in [4.69, 9.17) is 14.2 Å². The van der Waals surface area contributed by atoms with Crippen LogP contribution in [-0.4, -0.2) is 46.0 Å². The molecule has 0 aromatic rings. The van der Waals surface area contributed by atoms with E-state index < -0.39 is 0 Å². The molecule has 0 spiro atoms. The molecule has 0 bridgehead atoms. The Hall–Kier alpha value is -1.53. The molecule has 0 saturated heterocycles. The Morgan fingerprint density at radius 2 is 0.609 bits per heavy atom. The number of unbranched alkanes of at least 4 members (excludes halogenated alkanes) is 15. The van der Waals surface area contributed by atoms with Gasteiger partial charge in [-0.25, -0.2) is 0 Å². The van der Waals surface area contributed by atoms with E-state index in [0.29, 0.717) is 19.3 Å². The summed E-state index contributed by atoms with van der Waals surface area (Å²) in [5.74, 6) is 2.12. The zero-order chi connectivity index (χ0) is 34.3. The van der Waals surface area contributed by atoms with Gasteiger partial charge < -0.3 is 14.2 Å². The lowest BCUT2D eigenvalue weighted by Crippen LogP contribution is -2.22. The van der Waals surface area contributed by atoms with Crippen molar-refractivity contribution in [3.63, 3.8) is 0 Å². The minimum atomic E-state index is -0.0832. The standard InChI is InChI=1S/C39H75BO6/c1-34(25-19-13-7-10-16-22-28-37(41)44-4)31-40(32-35(2)26-20-14-8-11-17-23-29-38(42)45-5)33-36(3)27-21-15-9-12-18-24-30-39(43)46-6/h34-36H,7-33H2,1-6H3. The minimum Gasteiger partial charge on any atom is -0.469 e. The van der Waals surface area contributed by atoms with Gasteiger partial charge in [0.2, 0.25) is 0 Å². The molecule has 0 amide bonds. The second kappa shape index (κ2) is 32.0. The molecule has 6 nitrogen and oxygen atoms in total. The van der Waals surface area contributed by atoms with Gasteiger partial charge in [0, 0.05) is 19.3 Å². The maximum absolute atomic E-state index is 11.3. The number of methoxy groups -OCH3 is 3. The van der Waals surface area contributed by atoms with Crippen LogP contribution in [0.4, 0.5) is 0 Å². The first-order valence-electron chi connectivity index (χ1n) is 19.4. The van der Waals surface area contributed by atoms with Crippen molar-refractivity contribution in [2.45, 2.75) is 194 Å². The first kappa shape index (κ1) is 44.5. The predicted octanol–water partition coefficient (Wildman–Crippen LogP) is 11.3. The molecule has 0 aromatic heterocycles. The normalized spacial score (nSPS) is 13.2. The van der Waals surface area contributed by atoms with Gasteiger partial charge in [0.1, 0.15) is 6.71 Å². The van der Waals surface area contributed by atoms with E-state index >= 15 is 0 Å². The van der Waals surface area contributed by atoms with Crippen LogP contribution >= 0.6 is 0 Å². The summed E-state index contributed by atoms with van der Waals surface area (Å²) in [5, 5.41) is 0. The second-order valence-electron chi connectivity index (χ2n) is 14.6. The van der Waals surface area contributed by atoms with Gasteiger partial charge in [0.05, 0.1) is 21.3 Å². The molecular weight excluding hydrogens is 575 g/mol. The predicted molar refractivity (Wildman–Crippen MR) is 195 cm³/mol. The van der Waals surface area contributed by atoms with Gasteiger partial charge in [0.25, 0.3) is 0 Å². The van der Waals surface area contributed by atoms with E-state index in [9.17, 15) is 14.4 Å². The molecule has 0 aliphatic heterocycles. The zero-order valence-corrected chi connectivity index (χ0v) is 31.4. The van der Waals surface area contributed by atoms with Gasteiger partial charge in [0.15, 0.2) is 0 Å². The highest BCUT2D eigenvalue weighted by molar-refractivity contribution is 6.59. The molecule has 0 fully saturated rings. The Morgan fingerprint density at radius 1 is 0.391 bits per heavy atom. The summed E-state index contributed by atoms with van der Waals surface area (Å²) < 4.78 is 14.2. The fourth-order valence-corrected chi connectivity index (χ4v) is 7.06. The fourth-order valence-electron chi connectivity index (χ4n) is 7.06. The number of carbonyl (C=O) groups is 3. The summed E-state index contributed by atoms with van der Waals surface area (Å²) in [6.07, 6.45) is 31.5. The smallest absolute Gasteiger partial charge is 0.305 e. The summed E-state index contributed by atoms with van der Waals surface area (Å²) in [6, 6.07) is 0. The topological polar surface area (TPSA) is 78.9 Å². The molecular formula is C39H75BO6. The molecule has 3 unspecified atom stereocenters. The van der Waals surface area contributed by atoms with Crippen LogP contribution in [0.25, 0.3) is 0 Å². The lowest BCUT2D eigenvalue weighted by molar-refractivity contribution is -0.141. The van der Waals surface area contributed by atoms with Crippen molar-refractivity contribution < 1.29 is 28.6 Å². The van der Waals surface area contributed by atoms with E-state index in [0.717, 1.165) is 63.0 Å². The van der Waals surface area contributed by atoms with Crippen LogP contribution < -0.4 is 0 Å². The first-order valence-corrected chi connectivity index (χ1v) is 19.4. The highest BCUT2D eigenvalue weighted by Gasteiger charge is 2.22. The Kier molecular flexibility index (Phi) is 31.0. The van der Waals surface area contributed by atoms with Crippen LogP contribution in [0.3, 0.4) is 0 Å². The van der Waals surface area contributed by atoms with Crippen LogP contribution in [0.2, 0.25) is 19.0 Å². The molecule has 0 saturated carbocycles. The molecule has 3 atom stereocenters. The third kappa shape index (κ3) is 29.8. The number of carbonyl (C=O) groups excluding carboxylic acids is 3. The molecule has 0 heterocycles. The molecule has 0 aliphatic rings. The lowest BCUT2D eigenvalue weighted by atomic mass is 9.37. The monoisotopic (exact) mass is 651 g/mol. The van der Waals surface area contributed by atoms with Crippen molar-refractivity contribution in [2.75, 3.05) is 21.3 Å². The molecule has 0 aromatic carbocycles. The second-order valence-corrected chi connectivity index (χ2v) is 14.6. The summed E-state index contributed by atoms with van der Waals surface area (Å²) in [5.41, 5.74) is 0. The van der Waals surface area contributed by atoms with Gasteiger partial charge >= 0.3 is 17.9 Å². The maximum Gasteiger partial charge on any atom is 0.305 e. The van der Waals surface area contributed by atoms with E-state index in [1.54, 1.807) is 0 Å². The van der Waals surface area contributed by atoms with E-state index in [-0.39, 0.29) is 17.9 Å². The van der Waals surface area contributed by atoms with Crippen molar-refractivity contribution in [1.29, 1.82) is 0 Å². The van der Waals surface area contributed by atoms with Crippen LogP contribution in [0.5, 0.6) is 0 Å². The van der Waals surface area contributed by atoms with Gasteiger partial charge in [-0.3, -0.25) is 14.4 Å². The Balaban J connectivity index is 4.44. The molecule has 46 heavy (non-hydrogen) atoms. The highest BCUT2D eigenvalue weighted by Crippen LogP contribution is 2.29. The quantitative estimate of drug-likeness (QED) is 0.0304. The molecule has 270 valence electrons. The van der Waals surface area contributed by atoms with Crippen molar-refractivity contribution >= 4 is 24.6 Å². The number of hydrogen-bond acceptors (Lipinski definition) is 6. The third-order valence-corrected chi connectivity index (χ3v) is 9.87. The van der Waals surface area contributed by atoms with Crippen LogP contribution in [-0.2, 0) is 28.6 Å². The number of ether oxygens (including phenoxy) is 3. The molecule has 0 N–H and O–H groups in total. The maximum atomic E-state index is 11.3. The third-order valence-electron chi connectivity index (χ3n) is 9.87. The van der Waals surface area contributed by atoms with Crippen molar-refractivity contribution in [1.82, 2.24) is 0 Å². The van der Waals surface area contributed by atoms with Gasteiger partial charge in [-0.15, -0.1) is 0 Å². The van der Waals surface area contributed by atoms with E-state index in [1.807, 2.05) is 0 Å². The van der Waals surface area contributed by atoms with Gasteiger partial charge in [-0.1, -0.05) is 173 Å². The minimum absolute atomic E-state index is 0.0832. The Morgan fingerprint density at radius 3 is 0.848 bits per heavy atom. The molecule has 0 aliphatic carbocycles. The number of hydrogen-bond donors (Lipinski definition) is 0. The van der Waals surface area contributed by atoms with Gasteiger partial charge in [-0.2, -0.15) is 0 Å². The van der Waals surface area contributed by atoms with Crippen molar-refractivity contribution in [3.8, 4) is 0 Å². The number of esters is 3.